The van der Waals surface area contributed by atoms with E-state index in [0.29, 0.717) is 37.0 Å². The largest absolute Gasteiger partial charge is 0.477 e. The monoisotopic (exact) mass is 344 g/mol. The predicted octanol–water partition coefficient (Wildman–Crippen LogP) is 4.02. The lowest BCUT2D eigenvalue weighted by Crippen LogP contribution is -2.58. The minimum absolute atomic E-state index is 0.221. The van der Waals surface area contributed by atoms with Crippen LogP contribution in [0.4, 0.5) is 8.78 Å². The molecule has 4 bridgehead atoms. The Morgan fingerprint density at radius 1 is 1.04 bits per heavy atom. The van der Waals surface area contributed by atoms with E-state index in [1.165, 1.54) is 13.8 Å². The summed E-state index contributed by atoms with van der Waals surface area (Å²) in [6, 6.07) is 0. The molecule has 4 fully saturated rings. The van der Waals surface area contributed by atoms with Crippen molar-refractivity contribution >= 4 is 11.9 Å². The molecule has 0 heterocycles. The second-order valence-electron chi connectivity index (χ2n) is 8.17. The fourth-order valence-corrected chi connectivity index (χ4v) is 5.74. The zero-order valence-electron chi connectivity index (χ0n) is 14.3. The van der Waals surface area contributed by atoms with Crippen molar-refractivity contribution in [1.29, 1.82) is 0 Å². The first-order valence-electron chi connectivity index (χ1n) is 9.02. The van der Waals surface area contributed by atoms with Gasteiger partial charge in [-0.1, -0.05) is 13.8 Å². The van der Waals surface area contributed by atoms with Crippen LogP contribution in [0.25, 0.3) is 0 Å². The molecule has 0 aromatic heterocycles. The molecule has 0 atom stereocenters. The lowest BCUT2D eigenvalue weighted by Gasteiger charge is -2.55. The Hall–Kier alpha value is -1.20. The summed E-state index contributed by atoms with van der Waals surface area (Å²) in [4.78, 5) is 24.0. The molecular formula is C18H26F2O4. The van der Waals surface area contributed by atoms with Gasteiger partial charge in [0.2, 0.25) is 0 Å². The van der Waals surface area contributed by atoms with Gasteiger partial charge in [-0.05, 0) is 69.1 Å². The summed E-state index contributed by atoms with van der Waals surface area (Å²) in [5, 5.41) is 8.94. The lowest BCUT2D eigenvalue weighted by molar-refractivity contribution is -0.235. The number of hydrogen-bond acceptors (Lipinski definition) is 3. The molecule has 1 N–H and O–H groups in total. The van der Waals surface area contributed by atoms with Crippen molar-refractivity contribution in [3.63, 3.8) is 0 Å². The number of carboxylic acids is 1. The molecular weight excluding hydrogens is 318 g/mol. The van der Waals surface area contributed by atoms with Crippen molar-refractivity contribution in [2.75, 3.05) is 0 Å². The van der Waals surface area contributed by atoms with Gasteiger partial charge in [0.05, 0.1) is 5.41 Å². The highest BCUT2D eigenvalue weighted by Crippen LogP contribution is 2.61. The molecule has 0 saturated heterocycles. The summed E-state index contributed by atoms with van der Waals surface area (Å²) < 4.78 is 34.0. The summed E-state index contributed by atoms with van der Waals surface area (Å²) >= 11 is 0. The Morgan fingerprint density at radius 2 is 1.46 bits per heavy atom. The van der Waals surface area contributed by atoms with Crippen LogP contribution in [0.1, 0.15) is 65.2 Å². The van der Waals surface area contributed by atoms with Crippen molar-refractivity contribution in [2.24, 2.45) is 23.2 Å². The third-order valence-corrected chi connectivity index (χ3v) is 6.74. The summed E-state index contributed by atoms with van der Waals surface area (Å²) in [5.41, 5.74) is -2.93. The first-order chi connectivity index (χ1) is 11.2. The van der Waals surface area contributed by atoms with Gasteiger partial charge in [-0.25, -0.2) is 4.79 Å². The number of aliphatic carboxylic acids is 1. The second kappa shape index (κ2) is 5.67. The van der Waals surface area contributed by atoms with Crippen molar-refractivity contribution in [1.82, 2.24) is 0 Å². The minimum atomic E-state index is -4.09. The molecule has 4 saturated carbocycles. The van der Waals surface area contributed by atoms with Gasteiger partial charge in [-0.15, -0.1) is 0 Å². The third kappa shape index (κ3) is 2.44. The van der Waals surface area contributed by atoms with Gasteiger partial charge >= 0.3 is 17.9 Å². The van der Waals surface area contributed by atoms with Crippen LogP contribution in [0, 0.1) is 23.2 Å². The van der Waals surface area contributed by atoms with Gasteiger partial charge < -0.3 is 9.84 Å². The highest BCUT2D eigenvalue weighted by atomic mass is 19.3. The summed E-state index contributed by atoms with van der Waals surface area (Å²) in [6.45, 7) is 2.90. The molecule has 0 aliphatic heterocycles. The van der Waals surface area contributed by atoms with Crippen LogP contribution in [0.5, 0.6) is 0 Å². The van der Waals surface area contributed by atoms with E-state index in [9.17, 15) is 18.4 Å². The number of carbonyl (C=O) groups is 2. The van der Waals surface area contributed by atoms with Gasteiger partial charge in [0, 0.05) is 0 Å². The van der Waals surface area contributed by atoms with Crippen LogP contribution in [0.2, 0.25) is 0 Å². The fourth-order valence-electron chi connectivity index (χ4n) is 5.74. The van der Waals surface area contributed by atoms with Crippen LogP contribution in [0.3, 0.4) is 0 Å². The number of carbonyl (C=O) groups excluding carboxylic acids is 1. The minimum Gasteiger partial charge on any atom is -0.477 e. The van der Waals surface area contributed by atoms with Gasteiger partial charge in [0.25, 0.3) is 0 Å². The maximum Gasteiger partial charge on any atom is 0.381 e. The maximum atomic E-state index is 14.3. The van der Waals surface area contributed by atoms with Crippen LogP contribution in [-0.2, 0) is 14.3 Å². The highest BCUT2D eigenvalue weighted by Gasteiger charge is 2.63. The molecule has 4 rings (SSSR count). The number of halogens is 2. The molecule has 0 unspecified atom stereocenters. The Bertz CT molecular complexity index is 504. The fraction of sp³-hybridized carbons (Fsp3) is 0.889. The van der Waals surface area contributed by atoms with E-state index < -0.39 is 28.9 Å². The Kier molecular flexibility index (Phi) is 4.16. The van der Waals surface area contributed by atoms with E-state index in [4.69, 9.17) is 9.84 Å². The van der Waals surface area contributed by atoms with Crippen molar-refractivity contribution in [2.45, 2.75) is 76.7 Å². The van der Waals surface area contributed by atoms with E-state index in [1.54, 1.807) is 0 Å². The number of ether oxygens (including phenoxy) is 1. The summed E-state index contributed by atoms with van der Waals surface area (Å²) in [6.07, 6.45) is 5.07. The smallest absolute Gasteiger partial charge is 0.381 e. The first kappa shape index (κ1) is 17.6. The number of rotatable bonds is 6. The number of hydrogen-bond donors (Lipinski definition) is 1. The topological polar surface area (TPSA) is 63.6 Å². The molecule has 0 aromatic carbocycles. The second-order valence-corrected chi connectivity index (χ2v) is 8.17. The Balaban J connectivity index is 1.86. The quantitative estimate of drug-likeness (QED) is 0.739. The molecule has 0 spiro atoms. The van der Waals surface area contributed by atoms with Crippen molar-refractivity contribution in [3.05, 3.63) is 0 Å². The number of alkyl halides is 2. The summed E-state index contributed by atoms with van der Waals surface area (Å²) in [5.74, 6) is -5.45. The average molecular weight is 344 g/mol. The lowest BCUT2D eigenvalue weighted by atomic mass is 9.49. The van der Waals surface area contributed by atoms with Gasteiger partial charge in [-0.3, -0.25) is 4.79 Å². The van der Waals surface area contributed by atoms with Crippen molar-refractivity contribution < 1.29 is 28.2 Å². The third-order valence-electron chi connectivity index (χ3n) is 6.74. The Labute approximate surface area is 140 Å². The van der Waals surface area contributed by atoms with E-state index in [0.717, 1.165) is 19.3 Å². The molecule has 24 heavy (non-hydrogen) atoms. The van der Waals surface area contributed by atoms with Gasteiger partial charge in [-0.2, -0.15) is 8.78 Å². The maximum absolute atomic E-state index is 14.3. The molecule has 0 aromatic rings. The van der Waals surface area contributed by atoms with Crippen LogP contribution >= 0.6 is 0 Å². The van der Waals surface area contributed by atoms with Crippen LogP contribution in [0.15, 0.2) is 0 Å². The van der Waals surface area contributed by atoms with E-state index in [-0.39, 0.29) is 12.8 Å². The molecule has 136 valence electrons. The van der Waals surface area contributed by atoms with E-state index in [1.807, 2.05) is 0 Å². The standard InChI is InChI=1S/C18H26F2O4/c1-3-17(4-2,18(19,20)14(21)22)24-15(23)16-8-11-5-12(9-16)7-13(6-11)10-16/h11-13H,3-10H2,1-2H3,(H,21,22). The van der Waals surface area contributed by atoms with E-state index in [2.05, 4.69) is 0 Å². The highest BCUT2D eigenvalue weighted by molar-refractivity contribution is 5.81. The first-order valence-corrected chi connectivity index (χ1v) is 9.02. The van der Waals surface area contributed by atoms with Gasteiger partial charge in [0.1, 0.15) is 0 Å². The molecule has 6 heteroatoms. The molecule has 0 radical (unpaired) electrons. The normalized spacial score (nSPS) is 35.1. The molecule has 4 aliphatic rings. The number of carboxylic acid groups (broad SMARTS) is 1. The summed E-state index contributed by atoms with van der Waals surface area (Å²) in [7, 11) is 0. The molecule has 4 aliphatic carbocycles. The zero-order valence-corrected chi connectivity index (χ0v) is 14.3. The SMILES string of the molecule is CCC(CC)(OC(=O)C12CC3CC(CC(C3)C1)C2)C(F)(F)C(=O)O. The molecule has 0 amide bonds. The average Bonchev–Trinajstić information content (AvgIpc) is 2.50. The predicted molar refractivity (Wildman–Crippen MR) is 82.6 cm³/mol. The van der Waals surface area contributed by atoms with Crippen molar-refractivity contribution in [3.8, 4) is 0 Å². The van der Waals surface area contributed by atoms with Crippen LogP contribution in [-0.4, -0.2) is 28.6 Å². The van der Waals surface area contributed by atoms with Crippen LogP contribution < -0.4 is 0 Å². The van der Waals surface area contributed by atoms with E-state index >= 15 is 0 Å². The number of esters is 1. The Morgan fingerprint density at radius 3 is 1.79 bits per heavy atom. The molecule has 4 nitrogen and oxygen atoms in total. The zero-order chi connectivity index (χ0) is 17.8. The van der Waals surface area contributed by atoms with Gasteiger partial charge in [0.15, 0.2) is 5.60 Å².